The van der Waals surface area contributed by atoms with Crippen LogP contribution in [-0.2, 0) is 6.54 Å². The average Bonchev–Trinajstić information content (AvgIpc) is 2.47. The lowest BCUT2D eigenvalue weighted by molar-refractivity contribution is 0.472. The van der Waals surface area contributed by atoms with Crippen LogP contribution in [0.2, 0.25) is 0 Å². The summed E-state index contributed by atoms with van der Waals surface area (Å²) in [6.07, 6.45) is 3.60. The van der Waals surface area contributed by atoms with Gasteiger partial charge < -0.3 is 10.1 Å². The quantitative estimate of drug-likeness (QED) is 0.857. The minimum absolute atomic E-state index is 0.536. The highest BCUT2D eigenvalue weighted by Gasteiger charge is 2.05. The van der Waals surface area contributed by atoms with Crippen molar-refractivity contribution >= 4 is 0 Å². The molecule has 0 bridgehead atoms. The summed E-state index contributed by atoms with van der Waals surface area (Å²) in [4.78, 5) is 4.16. The molecule has 2 aromatic rings. The fourth-order valence-corrected chi connectivity index (χ4v) is 1.95. The number of pyridine rings is 1. The maximum atomic E-state index is 5.96. The van der Waals surface area contributed by atoms with E-state index in [0.717, 1.165) is 30.2 Å². The van der Waals surface area contributed by atoms with Gasteiger partial charge in [-0.25, -0.2) is 0 Å². The Balaban J connectivity index is 2.13. The van der Waals surface area contributed by atoms with Gasteiger partial charge in [0.15, 0.2) is 0 Å². The zero-order chi connectivity index (χ0) is 14.4. The minimum atomic E-state index is 0.536. The highest BCUT2D eigenvalue weighted by Crippen LogP contribution is 2.26. The van der Waals surface area contributed by atoms with Crippen molar-refractivity contribution < 1.29 is 4.74 Å². The maximum absolute atomic E-state index is 5.96. The zero-order valence-electron chi connectivity index (χ0n) is 12.4. The van der Waals surface area contributed by atoms with Gasteiger partial charge in [0, 0.05) is 24.5 Å². The first kappa shape index (κ1) is 14.5. The second-order valence-corrected chi connectivity index (χ2v) is 5.09. The van der Waals surface area contributed by atoms with E-state index in [4.69, 9.17) is 4.74 Å². The topological polar surface area (TPSA) is 34.2 Å². The lowest BCUT2D eigenvalue weighted by Crippen LogP contribution is -2.12. The number of nitrogens with one attached hydrogen (secondary N) is 1. The van der Waals surface area contributed by atoms with Gasteiger partial charge in [-0.1, -0.05) is 32.9 Å². The molecule has 0 saturated carbocycles. The summed E-state index contributed by atoms with van der Waals surface area (Å²) in [6, 6.07) is 10.2. The van der Waals surface area contributed by atoms with Crippen LogP contribution in [-0.4, -0.2) is 11.5 Å². The molecule has 0 radical (unpaired) electrons. The van der Waals surface area contributed by atoms with Crippen LogP contribution in [0.25, 0.3) is 0 Å². The number of ether oxygens (including phenoxy) is 1. The zero-order valence-corrected chi connectivity index (χ0v) is 12.4. The number of nitrogens with zero attached hydrogens (tertiary/aromatic N) is 1. The van der Waals surface area contributed by atoms with Gasteiger partial charge in [0.1, 0.15) is 11.5 Å². The van der Waals surface area contributed by atoms with Gasteiger partial charge in [-0.2, -0.15) is 0 Å². The molecule has 1 aromatic heterocycles. The molecule has 0 fully saturated rings. The first-order chi connectivity index (χ1) is 9.70. The van der Waals surface area contributed by atoms with E-state index in [1.54, 1.807) is 6.20 Å². The highest BCUT2D eigenvalue weighted by atomic mass is 16.5. The van der Waals surface area contributed by atoms with E-state index in [9.17, 15) is 0 Å². The Morgan fingerprint density at radius 2 is 1.90 bits per heavy atom. The molecule has 1 heterocycles. The van der Waals surface area contributed by atoms with Gasteiger partial charge in [0.25, 0.3) is 0 Å². The summed E-state index contributed by atoms with van der Waals surface area (Å²) >= 11 is 0. The molecular formula is C17H22N2O. The third kappa shape index (κ3) is 3.81. The van der Waals surface area contributed by atoms with Crippen molar-refractivity contribution in [2.24, 2.45) is 0 Å². The standard InChI is InChI=1S/C17H22N2O/c1-4-18-11-15-12-19-10-9-17(15)20-16-7-5-14(6-8-16)13(2)3/h5-10,12-13,18H,4,11H2,1-3H3. The van der Waals surface area contributed by atoms with Gasteiger partial charge in [-0.3, -0.25) is 4.98 Å². The van der Waals surface area contributed by atoms with Crippen LogP contribution >= 0.6 is 0 Å². The molecule has 0 atom stereocenters. The molecule has 20 heavy (non-hydrogen) atoms. The third-order valence-corrected chi connectivity index (χ3v) is 3.20. The van der Waals surface area contributed by atoms with Crippen LogP contribution in [0.3, 0.4) is 0 Å². The van der Waals surface area contributed by atoms with Gasteiger partial charge >= 0.3 is 0 Å². The number of benzene rings is 1. The molecule has 1 aromatic carbocycles. The largest absolute Gasteiger partial charge is 0.457 e. The summed E-state index contributed by atoms with van der Waals surface area (Å²) in [5.41, 5.74) is 2.39. The van der Waals surface area contributed by atoms with E-state index >= 15 is 0 Å². The van der Waals surface area contributed by atoms with Crippen LogP contribution in [0.15, 0.2) is 42.7 Å². The summed E-state index contributed by atoms with van der Waals surface area (Å²) < 4.78 is 5.96. The van der Waals surface area contributed by atoms with Crippen LogP contribution < -0.4 is 10.1 Å². The monoisotopic (exact) mass is 270 g/mol. The van der Waals surface area contributed by atoms with Crippen molar-refractivity contribution in [2.75, 3.05) is 6.54 Å². The predicted molar refractivity (Wildman–Crippen MR) is 82.2 cm³/mol. The van der Waals surface area contributed by atoms with Crippen LogP contribution in [0.5, 0.6) is 11.5 Å². The second kappa shape index (κ2) is 7.06. The Hall–Kier alpha value is -1.87. The van der Waals surface area contributed by atoms with Crippen molar-refractivity contribution in [3.8, 4) is 11.5 Å². The molecule has 1 N–H and O–H groups in total. The Kier molecular flexibility index (Phi) is 5.13. The Bertz CT molecular complexity index is 535. The summed E-state index contributed by atoms with van der Waals surface area (Å²) in [5.74, 6) is 2.26. The van der Waals surface area contributed by atoms with Crippen LogP contribution in [0.4, 0.5) is 0 Å². The smallest absolute Gasteiger partial charge is 0.134 e. The average molecular weight is 270 g/mol. The molecule has 0 aliphatic heterocycles. The number of aromatic nitrogens is 1. The highest BCUT2D eigenvalue weighted by molar-refractivity contribution is 5.37. The van der Waals surface area contributed by atoms with Crippen LogP contribution in [0.1, 0.15) is 37.8 Å². The Morgan fingerprint density at radius 3 is 2.55 bits per heavy atom. The molecule has 106 valence electrons. The lowest BCUT2D eigenvalue weighted by Gasteiger charge is -2.12. The fraction of sp³-hybridized carbons (Fsp3) is 0.353. The van der Waals surface area contributed by atoms with E-state index in [0.29, 0.717) is 5.92 Å². The normalized spacial score (nSPS) is 10.8. The molecular weight excluding hydrogens is 248 g/mol. The summed E-state index contributed by atoms with van der Waals surface area (Å²) in [6.45, 7) is 8.16. The van der Waals surface area contributed by atoms with E-state index in [2.05, 4.69) is 43.2 Å². The summed E-state index contributed by atoms with van der Waals surface area (Å²) in [7, 11) is 0. The first-order valence-corrected chi connectivity index (χ1v) is 7.12. The molecule has 3 heteroatoms. The SMILES string of the molecule is CCNCc1cnccc1Oc1ccc(C(C)C)cc1. The van der Waals surface area contributed by atoms with Crippen molar-refractivity contribution in [3.05, 3.63) is 53.9 Å². The second-order valence-electron chi connectivity index (χ2n) is 5.09. The Labute approximate surface area is 121 Å². The molecule has 0 aliphatic carbocycles. The van der Waals surface area contributed by atoms with Crippen molar-refractivity contribution in [1.29, 1.82) is 0 Å². The van der Waals surface area contributed by atoms with E-state index in [1.165, 1.54) is 5.56 Å². The Morgan fingerprint density at radius 1 is 1.15 bits per heavy atom. The predicted octanol–water partition coefficient (Wildman–Crippen LogP) is 4.11. The van der Waals surface area contributed by atoms with Crippen molar-refractivity contribution in [3.63, 3.8) is 0 Å². The van der Waals surface area contributed by atoms with E-state index < -0.39 is 0 Å². The van der Waals surface area contributed by atoms with E-state index in [1.807, 2.05) is 24.4 Å². The molecule has 0 aliphatic rings. The van der Waals surface area contributed by atoms with Gasteiger partial charge in [-0.05, 0) is 36.2 Å². The van der Waals surface area contributed by atoms with Gasteiger partial charge in [0.05, 0.1) is 0 Å². The van der Waals surface area contributed by atoms with Gasteiger partial charge in [-0.15, -0.1) is 0 Å². The molecule has 0 saturated heterocycles. The molecule has 2 rings (SSSR count). The third-order valence-electron chi connectivity index (χ3n) is 3.20. The van der Waals surface area contributed by atoms with Crippen molar-refractivity contribution in [1.82, 2.24) is 10.3 Å². The van der Waals surface area contributed by atoms with Crippen LogP contribution in [0, 0.1) is 0 Å². The molecule has 3 nitrogen and oxygen atoms in total. The van der Waals surface area contributed by atoms with Gasteiger partial charge in [0.2, 0.25) is 0 Å². The number of hydrogen-bond acceptors (Lipinski definition) is 3. The van der Waals surface area contributed by atoms with Crippen molar-refractivity contribution in [2.45, 2.75) is 33.2 Å². The number of hydrogen-bond donors (Lipinski definition) is 1. The number of rotatable bonds is 6. The maximum Gasteiger partial charge on any atom is 0.134 e. The summed E-state index contributed by atoms with van der Waals surface area (Å²) in [5, 5.41) is 3.29. The molecule has 0 unspecified atom stereocenters. The minimum Gasteiger partial charge on any atom is -0.457 e. The fourth-order valence-electron chi connectivity index (χ4n) is 1.95. The first-order valence-electron chi connectivity index (χ1n) is 7.12. The molecule has 0 spiro atoms. The molecule has 0 amide bonds. The van der Waals surface area contributed by atoms with E-state index in [-0.39, 0.29) is 0 Å². The lowest BCUT2D eigenvalue weighted by atomic mass is 10.0.